The van der Waals surface area contributed by atoms with E-state index >= 15 is 0 Å². The quantitative estimate of drug-likeness (QED) is 0.709. The van der Waals surface area contributed by atoms with Gasteiger partial charge in [0.2, 0.25) is 15.0 Å². The zero-order valence-electron chi connectivity index (χ0n) is 17.2. The van der Waals surface area contributed by atoms with Gasteiger partial charge in [0.15, 0.2) is 0 Å². The van der Waals surface area contributed by atoms with Gasteiger partial charge in [0, 0.05) is 19.6 Å². The predicted molar refractivity (Wildman–Crippen MR) is 110 cm³/mol. The fraction of sp³-hybridized carbons (Fsp3) is 0.571. The minimum atomic E-state index is -3.44. The van der Waals surface area contributed by atoms with E-state index in [2.05, 4.69) is 23.7 Å². The van der Waals surface area contributed by atoms with Crippen molar-refractivity contribution < 1.29 is 13.2 Å². The van der Waals surface area contributed by atoms with Gasteiger partial charge >= 0.3 is 0 Å². The van der Waals surface area contributed by atoms with Crippen LogP contribution in [0.25, 0.3) is 0 Å². The molecule has 1 saturated heterocycles. The number of nitrogens with zero attached hydrogens (tertiary/aromatic N) is 3. The van der Waals surface area contributed by atoms with Crippen LogP contribution in [0.15, 0.2) is 41.7 Å². The molecule has 3 rings (SSSR count). The third kappa shape index (κ3) is 5.21. The Bertz CT molecular complexity index is 868. The molecular weight excluding hydrogens is 374 g/mol. The van der Waals surface area contributed by atoms with Crippen LogP contribution in [-0.2, 0) is 27.7 Å². The molecule has 2 heterocycles. The topological polar surface area (TPSA) is 64.4 Å². The number of rotatable bonds is 7. The summed E-state index contributed by atoms with van der Waals surface area (Å²) in [5, 5.41) is 0.175. The third-order valence-electron chi connectivity index (χ3n) is 4.80. The predicted octanol–water partition coefficient (Wildman–Crippen LogP) is 2.97. The van der Waals surface area contributed by atoms with Crippen LogP contribution in [-0.4, -0.2) is 53.9 Å². The Balaban J connectivity index is 1.93. The van der Waals surface area contributed by atoms with Crippen molar-refractivity contribution in [3.8, 4) is 0 Å². The van der Waals surface area contributed by atoms with Crippen LogP contribution in [0.1, 0.15) is 39.0 Å². The van der Waals surface area contributed by atoms with E-state index in [-0.39, 0.29) is 29.0 Å². The molecule has 6 nitrogen and oxygen atoms in total. The summed E-state index contributed by atoms with van der Waals surface area (Å²) in [5.41, 5.74) is 1.99. The highest BCUT2D eigenvalue weighted by molar-refractivity contribution is 7.91. The number of hydrogen-bond donors (Lipinski definition) is 0. The van der Waals surface area contributed by atoms with E-state index in [9.17, 15) is 8.42 Å². The Morgan fingerprint density at radius 1 is 1.11 bits per heavy atom. The maximum Gasteiger partial charge on any atom is 0.228 e. The summed E-state index contributed by atoms with van der Waals surface area (Å²) in [6.45, 7) is 10.8. The molecule has 1 aliphatic rings. The van der Waals surface area contributed by atoms with Crippen LogP contribution < -0.4 is 0 Å². The van der Waals surface area contributed by atoms with Gasteiger partial charge in [-0.15, -0.1) is 0 Å². The van der Waals surface area contributed by atoms with Crippen molar-refractivity contribution in [1.29, 1.82) is 0 Å². The van der Waals surface area contributed by atoms with Gasteiger partial charge in [0.1, 0.15) is 0 Å². The van der Waals surface area contributed by atoms with E-state index in [1.54, 1.807) is 6.20 Å². The van der Waals surface area contributed by atoms with Gasteiger partial charge in [0.25, 0.3) is 0 Å². The summed E-state index contributed by atoms with van der Waals surface area (Å²) in [5.74, 6) is 0.153. The number of benzene rings is 1. The third-order valence-corrected chi connectivity index (χ3v) is 6.78. The van der Waals surface area contributed by atoms with Crippen molar-refractivity contribution in [1.82, 2.24) is 14.5 Å². The van der Waals surface area contributed by atoms with Crippen LogP contribution in [0.3, 0.4) is 0 Å². The van der Waals surface area contributed by atoms with Crippen molar-refractivity contribution in [2.75, 3.05) is 18.8 Å². The lowest BCUT2D eigenvalue weighted by Crippen LogP contribution is -2.45. The molecule has 7 heteroatoms. The molecule has 2 aromatic rings. The van der Waals surface area contributed by atoms with Crippen LogP contribution in [0.4, 0.5) is 0 Å². The Morgan fingerprint density at radius 2 is 1.75 bits per heavy atom. The smallest absolute Gasteiger partial charge is 0.228 e. The van der Waals surface area contributed by atoms with Crippen LogP contribution >= 0.6 is 0 Å². The van der Waals surface area contributed by atoms with Gasteiger partial charge in [-0.05, 0) is 25.3 Å². The molecule has 1 aromatic heterocycles. The van der Waals surface area contributed by atoms with E-state index in [4.69, 9.17) is 4.74 Å². The molecule has 28 heavy (non-hydrogen) atoms. The van der Waals surface area contributed by atoms with Crippen molar-refractivity contribution in [2.45, 2.75) is 58.1 Å². The molecule has 0 radical (unpaired) electrons. The molecule has 0 bridgehead atoms. The summed E-state index contributed by atoms with van der Waals surface area (Å²) in [7, 11) is -3.44. The number of aromatic nitrogens is 2. The Hall–Kier alpha value is -1.70. The van der Waals surface area contributed by atoms with E-state index in [1.165, 1.54) is 0 Å². The summed E-state index contributed by atoms with van der Waals surface area (Å²) in [6, 6.07) is 9.94. The molecule has 1 aliphatic heterocycles. The number of ether oxygens (including phenoxy) is 1. The van der Waals surface area contributed by atoms with E-state index < -0.39 is 9.84 Å². The van der Waals surface area contributed by atoms with Gasteiger partial charge in [-0.3, -0.25) is 4.90 Å². The molecule has 0 spiro atoms. The molecular formula is C21H31N3O3S. The first-order valence-electron chi connectivity index (χ1n) is 9.93. The Morgan fingerprint density at radius 3 is 2.36 bits per heavy atom. The molecule has 0 saturated carbocycles. The van der Waals surface area contributed by atoms with E-state index in [0.29, 0.717) is 13.1 Å². The second kappa shape index (κ2) is 8.76. The molecule has 154 valence electrons. The first-order valence-corrected chi connectivity index (χ1v) is 11.6. The van der Waals surface area contributed by atoms with E-state index in [1.807, 2.05) is 48.7 Å². The fourth-order valence-electron chi connectivity index (χ4n) is 3.86. The summed E-state index contributed by atoms with van der Waals surface area (Å²) >= 11 is 0. The number of morpholine rings is 1. The molecule has 2 atom stereocenters. The maximum atomic E-state index is 12.9. The monoisotopic (exact) mass is 405 g/mol. The lowest BCUT2D eigenvalue weighted by molar-refractivity contribution is -0.0710. The second-order valence-corrected chi connectivity index (χ2v) is 10.2. The van der Waals surface area contributed by atoms with Gasteiger partial charge in [0.05, 0.1) is 36.4 Å². The maximum absolute atomic E-state index is 12.9. The fourth-order valence-corrected chi connectivity index (χ4v) is 5.62. The van der Waals surface area contributed by atoms with Crippen molar-refractivity contribution in [3.05, 3.63) is 47.8 Å². The first-order chi connectivity index (χ1) is 13.2. The van der Waals surface area contributed by atoms with Gasteiger partial charge in [-0.25, -0.2) is 13.4 Å². The highest BCUT2D eigenvalue weighted by Crippen LogP contribution is 2.21. The minimum Gasteiger partial charge on any atom is -0.373 e. The zero-order chi connectivity index (χ0) is 20.3. The van der Waals surface area contributed by atoms with Crippen LogP contribution in [0.5, 0.6) is 0 Å². The molecule has 0 amide bonds. The lowest BCUT2D eigenvalue weighted by atomic mass is 10.2. The largest absolute Gasteiger partial charge is 0.373 e. The summed E-state index contributed by atoms with van der Waals surface area (Å²) < 4.78 is 33.6. The van der Waals surface area contributed by atoms with Crippen molar-refractivity contribution >= 4 is 9.84 Å². The van der Waals surface area contributed by atoms with Crippen LogP contribution in [0, 0.1) is 5.92 Å². The molecule has 1 fully saturated rings. The zero-order valence-corrected chi connectivity index (χ0v) is 18.0. The molecule has 0 aliphatic carbocycles. The van der Waals surface area contributed by atoms with Gasteiger partial charge in [-0.2, -0.15) is 0 Å². The number of imidazole rings is 1. The van der Waals surface area contributed by atoms with E-state index in [0.717, 1.165) is 24.3 Å². The number of sulfone groups is 1. The standard InChI is InChI=1S/C21H31N3O3S/c1-16(2)15-28(25,26)21-22-10-20(14-23-11-17(3)27-18(4)12-23)24(21)13-19-8-6-5-7-9-19/h5-10,16-18H,11-15H2,1-4H3/t17-,18+. The lowest BCUT2D eigenvalue weighted by Gasteiger charge is -2.35. The SMILES string of the molecule is CC(C)CS(=O)(=O)c1ncc(CN2C[C@@H](C)O[C@@H](C)C2)n1Cc1ccccc1. The van der Waals surface area contributed by atoms with Gasteiger partial charge in [-0.1, -0.05) is 44.2 Å². The molecule has 1 aromatic carbocycles. The second-order valence-electron chi connectivity index (χ2n) is 8.23. The van der Waals surface area contributed by atoms with Gasteiger partial charge < -0.3 is 9.30 Å². The van der Waals surface area contributed by atoms with Crippen molar-refractivity contribution in [3.63, 3.8) is 0 Å². The number of hydrogen-bond acceptors (Lipinski definition) is 5. The summed E-state index contributed by atoms with van der Waals surface area (Å²) in [4.78, 5) is 6.67. The van der Waals surface area contributed by atoms with Crippen molar-refractivity contribution in [2.24, 2.45) is 5.92 Å². The minimum absolute atomic E-state index is 0.0521. The molecule has 0 unspecified atom stereocenters. The highest BCUT2D eigenvalue weighted by atomic mass is 32.2. The average Bonchev–Trinajstić information content (AvgIpc) is 2.97. The Labute approximate surface area is 168 Å². The average molecular weight is 406 g/mol. The Kier molecular flexibility index (Phi) is 6.58. The molecule has 0 N–H and O–H groups in total. The highest BCUT2D eigenvalue weighted by Gasteiger charge is 2.27. The van der Waals surface area contributed by atoms with Crippen LogP contribution in [0.2, 0.25) is 0 Å². The summed E-state index contributed by atoms with van der Waals surface area (Å²) in [6.07, 6.45) is 2.05. The first kappa shape index (κ1) is 21.0. The normalized spacial score (nSPS) is 21.3.